The molecule has 3 N–H and O–H groups in total. The number of unbranched alkanes of at least 4 members (excludes halogenated alkanes) is 32. The van der Waals surface area contributed by atoms with Gasteiger partial charge in [-0.05, 0) is 51.4 Å². The van der Waals surface area contributed by atoms with Crippen molar-refractivity contribution in [1.82, 2.24) is 5.32 Å². The molecule has 0 aromatic rings. The number of likely N-dealkylation sites (N-methyl/N-ethyl adjacent to an activating group) is 1. The number of carbonyl (C=O) groups is 1. The summed E-state index contributed by atoms with van der Waals surface area (Å²) in [5, 5.41) is 14.1. The summed E-state index contributed by atoms with van der Waals surface area (Å²) in [5.41, 5.74) is 0. The molecule has 0 radical (unpaired) electrons. The number of rotatable bonds is 51. The molecule has 9 heteroatoms. The van der Waals surface area contributed by atoms with Crippen LogP contribution < -0.4 is 5.32 Å². The molecule has 0 aliphatic carbocycles. The first kappa shape index (κ1) is 63.7. The monoisotopic (exact) mass is 938 g/mol. The molecule has 0 bridgehead atoms. The largest absolute Gasteiger partial charge is 0.472 e. The number of phosphoric ester groups is 1. The van der Waals surface area contributed by atoms with Crippen molar-refractivity contribution in [2.45, 2.75) is 276 Å². The van der Waals surface area contributed by atoms with Gasteiger partial charge in [-0.25, -0.2) is 4.57 Å². The Labute approximate surface area is 404 Å². The standard InChI is InChI=1S/C56H109N2O6P/c1-6-8-10-12-14-16-18-20-22-24-26-28-30-31-33-35-37-39-41-43-45-47-49-55(59)54(53-64-65(61,62)63-52-51-58(3,4)5)57-56(60)50-48-46-44-42-40-38-36-34-32-29-27-25-23-21-19-17-15-13-11-9-7-2/h19,21,25,27,32,34,54-55,59H,6-18,20,22-24,26,28-31,33,35-53H2,1-5H3,(H-,57,60,61,62)/p+1/b21-19-,27-25-,34-32-. The Morgan fingerprint density at radius 1 is 0.523 bits per heavy atom. The van der Waals surface area contributed by atoms with Gasteiger partial charge in [-0.2, -0.15) is 0 Å². The molecule has 0 saturated heterocycles. The third kappa shape index (κ3) is 50.4. The average molecular weight is 938 g/mol. The number of carbonyl (C=O) groups excluding carboxylic acids is 1. The lowest BCUT2D eigenvalue weighted by atomic mass is 10.0. The zero-order chi connectivity index (χ0) is 47.8. The molecule has 3 unspecified atom stereocenters. The van der Waals surface area contributed by atoms with E-state index in [0.29, 0.717) is 23.9 Å². The molecular weight excluding hydrogens is 828 g/mol. The van der Waals surface area contributed by atoms with E-state index in [9.17, 15) is 19.4 Å². The van der Waals surface area contributed by atoms with E-state index in [4.69, 9.17) is 9.05 Å². The van der Waals surface area contributed by atoms with Crippen LogP contribution in [0.3, 0.4) is 0 Å². The summed E-state index contributed by atoms with van der Waals surface area (Å²) in [6.07, 6.45) is 60.4. The maximum absolute atomic E-state index is 13.0. The van der Waals surface area contributed by atoms with Crippen molar-refractivity contribution in [1.29, 1.82) is 0 Å². The van der Waals surface area contributed by atoms with Crippen molar-refractivity contribution in [3.8, 4) is 0 Å². The third-order valence-electron chi connectivity index (χ3n) is 12.6. The first-order valence-electron chi connectivity index (χ1n) is 27.9. The van der Waals surface area contributed by atoms with Crippen molar-refractivity contribution >= 4 is 13.7 Å². The van der Waals surface area contributed by atoms with Crippen molar-refractivity contribution < 1.29 is 32.9 Å². The van der Waals surface area contributed by atoms with Gasteiger partial charge >= 0.3 is 7.82 Å². The van der Waals surface area contributed by atoms with Crippen LogP contribution in [0, 0.1) is 0 Å². The zero-order valence-electron chi connectivity index (χ0n) is 43.7. The van der Waals surface area contributed by atoms with Crippen LogP contribution in [0.4, 0.5) is 0 Å². The van der Waals surface area contributed by atoms with Gasteiger partial charge in [0.15, 0.2) is 0 Å². The summed E-state index contributed by atoms with van der Waals surface area (Å²) in [6, 6.07) is -0.768. The fourth-order valence-electron chi connectivity index (χ4n) is 8.23. The number of allylic oxidation sites excluding steroid dienone is 6. The summed E-state index contributed by atoms with van der Waals surface area (Å²) in [6.45, 7) is 4.89. The lowest BCUT2D eigenvalue weighted by molar-refractivity contribution is -0.870. The number of aliphatic hydroxyl groups is 1. The first-order valence-corrected chi connectivity index (χ1v) is 29.3. The molecular formula is C56H110N2O6P+. The minimum Gasteiger partial charge on any atom is -0.391 e. The maximum atomic E-state index is 13.0. The van der Waals surface area contributed by atoms with Gasteiger partial charge in [-0.15, -0.1) is 0 Å². The van der Waals surface area contributed by atoms with Gasteiger partial charge in [-0.3, -0.25) is 13.8 Å². The van der Waals surface area contributed by atoms with E-state index in [0.717, 1.165) is 64.2 Å². The van der Waals surface area contributed by atoms with Crippen molar-refractivity contribution in [2.24, 2.45) is 0 Å². The van der Waals surface area contributed by atoms with Crippen LogP contribution in [0.2, 0.25) is 0 Å². The van der Waals surface area contributed by atoms with Crippen LogP contribution in [-0.2, 0) is 18.4 Å². The highest BCUT2D eigenvalue weighted by molar-refractivity contribution is 7.47. The van der Waals surface area contributed by atoms with E-state index in [1.54, 1.807) is 0 Å². The fraction of sp³-hybridized carbons (Fsp3) is 0.875. The molecule has 0 aromatic carbocycles. The number of quaternary nitrogens is 1. The normalized spacial score (nSPS) is 14.3. The van der Waals surface area contributed by atoms with Crippen LogP contribution in [0.1, 0.15) is 264 Å². The second-order valence-electron chi connectivity index (χ2n) is 20.3. The number of nitrogens with one attached hydrogen (secondary N) is 1. The number of amides is 1. The summed E-state index contributed by atoms with van der Waals surface area (Å²) in [7, 11) is 1.61. The number of phosphoric acid groups is 1. The summed E-state index contributed by atoms with van der Waals surface area (Å²) >= 11 is 0. The van der Waals surface area contributed by atoms with Gasteiger partial charge in [0.2, 0.25) is 5.91 Å². The fourth-order valence-corrected chi connectivity index (χ4v) is 8.97. The van der Waals surface area contributed by atoms with E-state index < -0.39 is 20.0 Å². The molecule has 0 heterocycles. The van der Waals surface area contributed by atoms with Crippen molar-refractivity contribution in [3.63, 3.8) is 0 Å². The second kappa shape index (κ2) is 47.8. The molecule has 1 amide bonds. The molecule has 0 aliphatic rings. The maximum Gasteiger partial charge on any atom is 0.472 e. The van der Waals surface area contributed by atoms with E-state index in [-0.39, 0.29) is 19.1 Å². The second-order valence-corrected chi connectivity index (χ2v) is 21.8. The Morgan fingerprint density at radius 2 is 0.877 bits per heavy atom. The van der Waals surface area contributed by atoms with Gasteiger partial charge < -0.3 is 19.8 Å². The van der Waals surface area contributed by atoms with E-state index in [1.165, 1.54) is 173 Å². The molecule has 8 nitrogen and oxygen atoms in total. The molecule has 384 valence electrons. The van der Waals surface area contributed by atoms with Crippen LogP contribution in [0.5, 0.6) is 0 Å². The Kier molecular flexibility index (Phi) is 46.8. The minimum atomic E-state index is -4.33. The van der Waals surface area contributed by atoms with Gasteiger partial charge in [0.25, 0.3) is 0 Å². The van der Waals surface area contributed by atoms with E-state index >= 15 is 0 Å². The average Bonchev–Trinajstić information content (AvgIpc) is 3.26. The SMILES string of the molecule is CCCCCCC/C=C\C/C=C\C/C=C\CCCCCCCCC(=O)NC(COP(=O)(O)OCC[N+](C)(C)C)C(O)CCCCCCCCCCCCCCCCCCCCCCCC. The summed E-state index contributed by atoms with van der Waals surface area (Å²) < 4.78 is 23.8. The minimum absolute atomic E-state index is 0.0717. The smallest absolute Gasteiger partial charge is 0.391 e. The highest BCUT2D eigenvalue weighted by Gasteiger charge is 2.28. The molecule has 0 aliphatic heterocycles. The van der Waals surface area contributed by atoms with Gasteiger partial charge in [0, 0.05) is 6.42 Å². The Hall–Kier alpha value is -1.28. The predicted octanol–water partition coefficient (Wildman–Crippen LogP) is 16.6. The quantitative estimate of drug-likeness (QED) is 0.0243. The van der Waals surface area contributed by atoms with E-state index in [2.05, 4.69) is 55.6 Å². The lowest BCUT2D eigenvalue weighted by Gasteiger charge is -2.26. The molecule has 0 fully saturated rings. The Morgan fingerprint density at radius 3 is 1.28 bits per heavy atom. The number of hydrogen-bond acceptors (Lipinski definition) is 5. The molecule has 0 spiro atoms. The predicted molar refractivity (Wildman–Crippen MR) is 281 cm³/mol. The first-order chi connectivity index (χ1) is 31.5. The number of hydrogen-bond donors (Lipinski definition) is 3. The van der Waals surface area contributed by atoms with Gasteiger partial charge in [0.1, 0.15) is 13.2 Å². The zero-order valence-corrected chi connectivity index (χ0v) is 44.6. The van der Waals surface area contributed by atoms with E-state index in [1.807, 2.05) is 21.1 Å². The molecule has 65 heavy (non-hydrogen) atoms. The highest BCUT2D eigenvalue weighted by atomic mass is 31.2. The van der Waals surface area contributed by atoms with Crippen molar-refractivity contribution in [3.05, 3.63) is 36.5 Å². The highest BCUT2D eigenvalue weighted by Crippen LogP contribution is 2.43. The summed E-state index contributed by atoms with van der Waals surface area (Å²) in [4.78, 5) is 23.3. The summed E-state index contributed by atoms with van der Waals surface area (Å²) in [5.74, 6) is -0.154. The van der Waals surface area contributed by atoms with Gasteiger partial charge in [-0.1, -0.05) is 243 Å². The topological polar surface area (TPSA) is 105 Å². The number of nitrogens with zero attached hydrogens (tertiary/aromatic N) is 1. The number of aliphatic hydroxyl groups excluding tert-OH is 1. The van der Waals surface area contributed by atoms with Gasteiger partial charge in [0.05, 0.1) is 39.9 Å². The van der Waals surface area contributed by atoms with Crippen LogP contribution in [0.25, 0.3) is 0 Å². The van der Waals surface area contributed by atoms with Crippen LogP contribution >= 0.6 is 7.82 Å². The molecule has 3 atom stereocenters. The Bertz CT molecular complexity index is 1150. The Balaban J connectivity index is 4.23. The van der Waals surface area contributed by atoms with Crippen LogP contribution in [0.15, 0.2) is 36.5 Å². The van der Waals surface area contributed by atoms with Crippen molar-refractivity contribution in [2.75, 3.05) is 40.9 Å². The lowest BCUT2D eigenvalue weighted by Crippen LogP contribution is -2.46. The molecule has 0 aromatic heterocycles. The molecule has 0 saturated carbocycles. The third-order valence-corrected chi connectivity index (χ3v) is 13.6. The molecule has 0 rings (SSSR count). The van der Waals surface area contributed by atoms with Crippen LogP contribution in [-0.4, -0.2) is 73.4 Å².